The van der Waals surface area contributed by atoms with Crippen molar-refractivity contribution in [3.63, 3.8) is 0 Å². The summed E-state index contributed by atoms with van der Waals surface area (Å²) >= 11 is -3.03. The average molecular weight is 1680 g/mol. The summed E-state index contributed by atoms with van der Waals surface area (Å²) < 4.78 is 18.3. The van der Waals surface area contributed by atoms with E-state index in [4.69, 9.17) is 9.72 Å². The van der Waals surface area contributed by atoms with Gasteiger partial charge in [-0.05, 0) is 103 Å². The molecule has 101 heavy (non-hydrogen) atoms. The maximum absolute atomic E-state index is 7.04. The number of aromatic nitrogens is 4. The molecule has 5 nitrogen and oxygen atoms in total. The van der Waals surface area contributed by atoms with Gasteiger partial charge in [-0.15, -0.1) is 0 Å². The van der Waals surface area contributed by atoms with E-state index in [0.717, 1.165) is 111 Å². The smallest absolute Gasteiger partial charge is 0 e. The standard InChI is InChI=1S/C76H53N4O.2C9H11.Bi.Pt/c1-76(2,3)62-40-41-77-74(48-62)80-70-35-17-16-32-68(70)69-39-38-65(50-73(69)80)81-64-31-20-30-63(49-64)78-51-79(72-37-19-18-36-71(72)78)75-66(60-44-56(52-22-8-4-9-23-52)42-57(45-60)53-24-10-5-11-25-53)33-21-34-67(75)61-46-58(54-26-12-6-13-27-54)43-59(47-61)55-28-14-7-15-29-55;2*1-7-4-8(2)6-9(3)5-7;;/h4-15,17-48H,1-3H3;2*4-5H,1-3H3;;/q-2;;;;. The Morgan fingerprint density at radius 2 is 0.881 bits per heavy atom. The van der Waals surface area contributed by atoms with Crippen LogP contribution in [-0.4, -0.2) is 35.9 Å². The van der Waals surface area contributed by atoms with Gasteiger partial charge in [-0.1, -0.05) is 164 Å². The third-order valence-electron chi connectivity index (χ3n) is 19.4. The van der Waals surface area contributed by atoms with Gasteiger partial charge < -0.3 is 0 Å². The van der Waals surface area contributed by atoms with Crippen molar-refractivity contribution < 1.29 is 30.4 Å². The molecule has 0 atom stereocenters. The van der Waals surface area contributed by atoms with E-state index in [1.54, 1.807) is 6.54 Å². The van der Waals surface area contributed by atoms with Gasteiger partial charge in [0.05, 0.1) is 16.7 Å². The zero-order valence-electron chi connectivity index (χ0n) is 58.2. The molecule has 0 aliphatic heterocycles. The molecule has 16 aromatic rings. The number of fused-ring (bicyclic) bond motifs is 4. The predicted octanol–water partition coefficient (Wildman–Crippen LogP) is 21.3. The van der Waals surface area contributed by atoms with Gasteiger partial charge in [0.15, 0.2) is 0 Å². The number of nitrogens with zero attached hydrogens (tertiary/aromatic N) is 4. The molecule has 3 heterocycles. The first-order valence-corrected chi connectivity index (χ1v) is 39.6. The number of hydrogen-bond donors (Lipinski definition) is 0. The molecule has 0 saturated heterocycles. The summed E-state index contributed by atoms with van der Waals surface area (Å²) in [5.74, 6) is 1.96. The molecule has 0 aliphatic rings. The fourth-order valence-electron chi connectivity index (χ4n) is 14.9. The van der Waals surface area contributed by atoms with E-state index in [2.05, 4.69) is 367 Å². The monoisotopic (exact) mass is 1680 g/mol. The second-order valence-electron chi connectivity index (χ2n) is 27.6. The van der Waals surface area contributed by atoms with Crippen LogP contribution < -0.4 is 19.1 Å². The van der Waals surface area contributed by atoms with Crippen molar-refractivity contribution in [1.29, 1.82) is 0 Å². The van der Waals surface area contributed by atoms with Crippen LogP contribution in [0.2, 0.25) is 0 Å². The Labute approximate surface area is 615 Å². The molecule has 0 radical (unpaired) electrons. The fraction of sp³-hybridized carbons (Fsp3) is 0.106. The van der Waals surface area contributed by atoms with Crippen LogP contribution in [0.3, 0.4) is 0 Å². The second-order valence-corrected chi connectivity index (χ2v) is 35.7. The SMILES string of the molecule is Cc1cc(C)[c]([Bi]([c]2ccc3c(c2)c2ccc(Oc4[c-]c(-n5[c-][n+](-c6c(-c7cc(-c8ccccc8)cc(-c8ccccc8)c7)cccc6-c6cc(-c7ccccc7)cc(-c7ccccc7)c6)c6ccccc65)ccc4)[c-]c2n3-c2cc(C(C)(C)C)ccn2)[c]2c(C)cc(C)cc2C)c(C)c1.[Pt]. The van der Waals surface area contributed by atoms with Crippen LogP contribution in [0.4, 0.5) is 0 Å². The topological polar surface area (TPSA) is 35.9 Å². The van der Waals surface area contributed by atoms with Gasteiger partial charge in [-0.25, -0.2) is 0 Å². The van der Waals surface area contributed by atoms with Crippen molar-refractivity contribution in [2.75, 3.05) is 0 Å². The Kier molecular flexibility index (Phi) is 18.2. The quantitative estimate of drug-likeness (QED) is 0.0618. The average Bonchev–Trinajstić information content (AvgIpc) is 1.63. The number of hydrogen-bond acceptors (Lipinski definition) is 2. The first-order chi connectivity index (χ1) is 48.6. The first kappa shape index (κ1) is 66.5. The van der Waals surface area contributed by atoms with Crippen molar-refractivity contribution in [3.05, 3.63) is 349 Å². The molecule has 7 heteroatoms. The Bertz CT molecular complexity index is 5450. The maximum atomic E-state index is 7.04. The van der Waals surface area contributed by atoms with Crippen LogP contribution in [0.5, 0.6) is 11.5 Å². The minimum atomic E-state index is -3.03. The molecule has 0 N–H and O–H groups in total. The number of aryl methyl sites for hydroxylation is 6. The summed E-state index contributed by atoms with van der Waals surface area (Å²) in [7, 11) is 0. The van der Waals surface area contributed by atoms with E-state index < -0.39 is 21.8 Å². The molecule has 16 rings (SSSR count). The molecule has 3 aromatic heterocycles. The number of benzene rings is 13. The zero-order valence-corrected chi connectivity index (χ0v) is 63.9. The summed E-state index contributed by atoms with van der Waals surface area (Å²) in [6.45, 7) is 20.5. The largest absolute Gasteiger partial charge is 0 e. The molecule has 0 unspecified atom stereocenters. The molecule has 0 saturated carbocycles. The van der Waals surface area contributed by atoms with Crippen LogP contribution in [0.25, 0.3) is 117 Å². The normalized spacial score (nSPS) is 11.6. The van der Waals surface area contributed by atoms with Crippen molar-refractivity contribution in [2.45, 2.75) is 67.7 Å². The van der Waals surface area contributed by atoms with Gasteiger partial charge in [0.2, 0.25) is 0 Å². The minimum absolute atomic E-state index is 0. The van der Waals surface area contributed by atoms with Crippen LogP contribution in [0, 0.1) is 60.0 Å². The summed E-state index contributed by atoms with van der Waals surface area (Å²) in [5, 5.41) is 2.26. The summed E-state index contributed by atoms with van der Waals surface area (Å²) in [6, 6.07) is 111. The Hall–Kier alpha value is -10.3. The van der Waals surface area contributed by atoms with E-state index in [1.807, 2.05) is 18.3 Å². The van der Waals surface area contributed by atoms with Crippen molar-refractivity contribution in [2.24, 2.45) is 0 Å². The van der Waals surface area contributed by atoms with Gasteiger partial charge in [0.1, 0.15) is 0 Å². The zero-order chi connectivity index (χ0) is 68.3. The number of ether oxygens (including phenoxy) is 1. The van der Waals surface area contributed by atoms with Gasteiger partial charge in [-0.3, -0.25) is 4.57 Å². The van der Waals surface area contributed by atoms with E-state index >= 15 is 0 Å². The van der Waals surface area contributed by atoms with E-state index in [1.165, 1.54) is 47.6 Å². The molecule has 0 aliphatic carbocycles. The molecule has 0 fully saturated rings. The van der Waals surface area contributed by atoms with Gasteiger partial charge >= 0.3 is 305 Å². The molecular formula is C94H75BiN4OPt-2. The van der Waals surface area contributed by atoms with Crippen LogP contribution in [0.1, 0.15) is 59.7 Å². The molecule has 0 bridgehead atoms. The Morgan fingerprint density at radius 3 is 1.40 bits per heavy atom. The van der Waals surface area contributed by atoms with Gasteiger partial charge in [0.25, 0.3) is 6.33 Å². The van der Waals surface area contributed by atoms with E-state index in [-0.39, 0.29) is 26.5 Å². The van der Waals surface area contributed by atoms with Gasteiger partial charge in [-0.2, -0.15) is 0 Å². The fourth-order valence-corrected chi connectivity index (χ4v) is 26.2. The first-order valence-electron chi connectivity index (χ1n) is 34.4. The number of pyridine rings is 1. The van der Waals surface area contributed by atoms with Crippen molar-refractivity contribution in [3.8, 4) is 95.5 Å². The number of para-hydroxylation sites is 3. The molecule has 0 amide bonds. The van der Waals surface area contributed by atoms with Crippen LogP contribution in [-0.2, 0) is 26.5 Å². The molecule has 0 spiro atoms. The van der Waals surface area contributed by atoms with E-state index in [9.17, 15) is 0 Å². The maximum Gasteiger partial charge on any atom is 0 e. The van der Waals surface area contributed by atoms with E-state index in [0.29, 0.717) is 11.5 Å². The second kappa shape index (κ2) is 27.6. The molecular weight excluding hydrogens is 1610 g/mol. The summed E-state index contributed by atoms with van der Waals surface area (Å²) in [5.41, 5.74) is 28.3. The van der Waals surface area contributed by atoms with Crippen molar-refractivity contribution >= 4 is 64.4 Å². The Balaban J connectivity index is 0.00000827. The predicted molar refractivity (Wildman–Crippen MR) is 417 cm³/mol. The Morgan fingerprint density at radius 1 is 0.406 bits per heavy atom. The van der Waals surface area contributed by atoms with Crippen molar-refractivity contribution in [1.82, 2.24) is 14.1 Å². The third-order valence-corrected chi connectivity index (χ3v) is 31.5. The minimum Gasteiger partial charge on any atom is 0 e. The van der Waals surface area contributed by atoms with Gasteiger partial charge in [0, 0.05) is 21.1 Å². The summed E-state index contributed by atoms with van der Waals surface area (Å²) in [4.78, 5) is 5.13. The van der Waals surface area contributed by atoms with Crippen LogP contribution >= 0.6 is 0 Å². The number of rotatable bonds is 14. The summed E-state index contributed by atoms with van der Waals surface area (Å²) in [6.07, 6.45) is 5.93. The third kappa shape index (κ3) is 12.9. The molecule has 494 valence electrons. The van der Waals surface area contributed by atoms with Crippen LogP contribution in [0.15, 0.2) is 291 Å². The molecule has 13 aromatic carbocycles. The number of imidazole rings is 1.